The average molecular weight is 199 g/mol. The smallest absolute Gasteiger partial charge is 0.0480 e. The first-order chi connectivity index (χ1) is 6.84. The van der Waals surface area contributed by atoms with E-state index in [1.54, 1.807) is 0 Å². The Labute approximate surface area is 88.2 Å². The third-order valence-corrected chi connectivity index (χ3v) is 3.30. The predicted molar refractivity (Wildman–Crippen MR) is 60.3 cm³/mol. The monoisotopic (exact) mass is 199 g/mol. The van der Waals surface area contributed by atoms with Gasteiger partial charge in [0.1, 0.15) is 0 Å². The highest BCUT2D eigenvalue weighted by Crippen LogP contribution is 2.25. The number of rotatable bonds is 5. The van der Waals surface area contributed by atoms with Gasteiger partial charge in [-0.05, 0) is 32.1 Å². The van der Waals surface area contributed by atoms with Crippen LogP contribution >= 0.6 is 0 Å². The van der Waals surface area contributed by atoms with Crippen LogP contribution in [0.2, 0.25) is 0 Å². The molecule has 1 atom stereocenters. The van der Waals surface area contributed by atoms with Crippen molar-refractivity contribution < 1.29 is 4.74 Å². The molecular weight excluding hydrogens is 174 g/mol. The van der Waals surface area contributed by atoms with E-state index in [-0.39, 0.29) is 0 Å². The highest BCUT2D eigenvalue weighted by Gasteiger charge is 2.18. The van der Waals surface area contributed by atoms with E-state index in [2.05, 4.69) is 0 Å². The first-order valence-corrected chi connectivity index (χ1v) is 6.18. The summed E-state index contributed by atoms with van der Waals surface area (Å²) >= 11 is 0. The van der Waals surface area contributed by atoms with E-state index in [0.29, 0.717) is 6.04 Å². The van der Waals surface area contributed by atoms with Gasteiger partial charge in [0.2, 0.25) is 0 Å². The standard InChI is InChI=1S/C12H25NO/c1-2-14-10-9-12(13)11-7-5-3-4-6-8-11/h11-12H,2-10,13H2,1H3. The van der Waals surface area contributed by atoms with Gasteiger partial charge in [-0.2, -0.15) is 0 Å². The molecule has 1 rings (SSSR count). The number of hydrogen-bond donors (Lipinski definition) is 1. The van der Waals surface area contributed by atoms with Crippen LogP contribution in [0.4, 0.5) is 0 Å². The Balaban J connectivity index is 2.16. The SMILES string of the molecule is CCOCCC(N)C1CCCCCC1. The van der Waals surface area contributed by atoms with E-state index in [4.69, 9.17) is 10.5 Å². The summed E-state index contributed by atoms with van der Waals surface area (Å²) in [4.78, 5) is 0. The normalized spacial score (nSPS) is 21.9. The maximum atomic E-state index is 6.18. The zero-order chi connectivity index (χ0) is 10.2. The number of nitrogens with two attached hydrogens (primary N) is 1. The van der Waals surface area contributed by atoms with Crippen molar-refractivity contribution in [1.82, 2.24) is 0 Å². The lowest BCUT2D eigenvalue weighted by Crippen LogP contribution is -2.31. The van der Waals surface area contributed by atoms with Crippen molar-refractivity contribution >= 4 is 0 Å². The van der Waals surface area contributed by atoms with Crippen LogP contribution in [0.3, 0.4) is 0 Å². The minimum Gasteiger partial charge on any atom is -0.382 e. The second kappa shape index (κ2) is 7.24. The Kier molecular flexibility index (Phi) is 6.20. The molecule has 14 heavy (non-hydrogen) atoms. The van der Waals surface area contributed by atoms with Gasteiger partial charge in [-0.25, -0.2) is 0 Å². The molecule has 84 valence electrons. The van der Waals surface area contributed by atoms with Crippen LogP contribution in [0.25, 0.3) is 0 Å². The maximum absolute atomic E-state index is 6.18. The summed E-state index contributed by atoms with van der Waals surface area (Å²) in [5.41, 5.74) is 6.18. The second-order valence-electron chi connectivity index (χ2n) is 4.40. The highest BCUT2D eigenvalue weighted by molar-refractivity contribution is 4.75. The van der Waals surface area contributed by atoms with Crippen LogP contribution < -0.4 is 5.73 Å². The molecule has 0 aromatic heterocycles. The van der Waals surface area contributed by atoms with E-state index >= 15 is 0 Å². The van der Waals surface area contributed by atoms with Crippen LogP contribution in [0.1, 0.15) is 51.9 Å². The van der Waals surface area contributed by atoms with Gasteiger partial charge >= 0.3 is 0 Å². The van der Waals surface area contributed by atoms with Gasteiger partial charge in [-0.3, -0.25) is 0 Å². The second-order valence-corrected chi connectivity index (χ2v) is 4.40. The number of ether oxygens (including phenoxy) is 1. The maximum Gasteiger partial charge on any atom is 0.0480 e. The van der Waals surface area contributed by atoms with E-state index in [0.717, 1.165) is 25.6 Å². The van der Waals surface area contributed by atoms with Crippen LogP contribution in [0.5, 0.6) is 0 Å². The van der Waals surface area contributed by atoms with Crippen LogP contribution in [0.15, 0.2) is 0 Å². The first-order valence-electron chi connectivity index (χ1n) is 6.18. The molecule has 0 saturated heterocycles. The summed E-state index contributed by atoms with van der Waals surface area (Å²) in [6, 6.07) is 0.375. The summed E-state index contributed by atoms with van der Waals surface area (Å²) in [5.74, 6) is 0.762. The molecule has 0 radical (unpaired) electrons. The molecule has 0 bridgehead atoms. The van der Waals surface area contributed by atoms with E-state index in [1.807, 2.05) is 6.92 Å². The Morgan fingerprint density at radius 1 is 1.21 bits per heavy atom. The molecule has 2 heteroatoms. The molecule has 0 aliphatic heterocycles. The van der Waals surface area contributed by atoms with Crippen molar-refractivity contribution in [1.29, 1.82) is 0 Å². The largest absolute Gasteiger partial charge is 0.382 e. The molecule has 2 N–H and O–H groups in total. The van der Waals surface area contributed by atoms with Crippen molar-refractivity contribution in [3.05, 3.63) is 0 Å². The van der Waals surface area contributed by atoms with Crippen LogP contribution in [0, 0.1) is 5.92 Å². The van der Waals surface area contributed by atoms with Crippen molar-refractivity contribution in [3.8, 4) is 0 Å². The van der Waals surface area contributed by atoms with E-state index in [1.165, 1.54) is 38.5 Å². The van der Waals surface area contributed by atoms with Crippen LogP contribution in [-0.4, -0.2) is 19.3 Å². The summed E-state index contributed by atoms with van der Waals surface area (Å²) < 4.78 is 5.35. The summed E-state index contributed by atoms with van der Waals surface area (Å²) in [6.45, 7) is 3.70. The summed E-state index contributed by atoms with van der Waals surface area (Å²) in [7, 11) is 0. The minimum atomic E-state index is 0.375. The molecule has 1 fully saturated rings. The van der Waals surface area contributed by atoms with Gasteiger partial charge in [0.15, 0.2) is 0 Å². The lowest BCUT2D eigenvalue weighted by atomic mass is 9.91. The van der Waals surface area contributed by atoms with Crippen molar-refractivity contribution in [2.45, 2.75) is 57.9 Å². The van der Waals surface area contributed by atoms with Gasteiger partial charge < -0.3 is 10.5 Å². The van der Waals surface area contributed by atoms with Gasteiger partial charge in [-0.15, -0.1) is 0 Å². The average Bonchev–Trinajstić information content (AvgIpc) is 2.46. The van der Waals surface area contributed by atoms with Crippen molar-refractivity contribution in [2.75, 3.05) is 13.2 Å². The molecule has 0 spiro atoms. The molecule has 0 aromatic rings. The third kappa shape index (κ3) is 4.43. The Hall–Kier alpha value is -0.0800. The van der Waals surface area contributed by atoms with Gasteiger partial charge in [0.05, 0.1) is 0 Å². The van der Waals surface area contributed by atoms with Crippen molar-refractivity contribution in [2.24, 2.45) is 11.7 Å². The quantitative estimate of drug-likeness (QED) is 0.546. The molecule has 0 aromatic carbocycles. The fourth-order valence-corrected chi connectivity index (χ4v) is 2.34. The summed E-state index contributed by atoms with van der Waals surface area (Å²) in [6.07, 6.45) is 9.31. The Morgan fingerprint density at radius 2 is 1.86 bits per heavy atom. The van der Waals surface area contributed by atoms with E-state index < -0.39 is 0 Å². The van der Waals surface area contributed by atoms with Gasteiger partial charge in [0, 0.05) is 19.3 Å². The van der Waals surface area contributed by atoms with Crippen molar-refractivity contribution in [3.63, 3.8) is 0 Å². The summed E-state index contributed by atoms with van der Waals surface area (Å²) in [5, 5.41) is 0. The third-order valence-electron chi connectivity index (χ3n) is 3.30. The van der Waals surface area contributed by atoms with E-state index in [9.17, 15) is 0 Å². The zero-order valence-electron chi connectivity index (χ0n) is 9.50. The van der Waals surface area contributed by atoms with Crippen LogP contribution in [-0.2, 0) is 4.74 Å². The topological polar surface area (TPSA) is 35.2 Å². The Bertz CT molecular complexity index is 130. The highest BCUT2D eigenvalue weighted by atomic mass is 16.5. The lowest BCUT2D eigenvalue weighted by molar-refractivity contribution is 0.132. The molecule has 1 unspecified atom stereocenters. The molecule has 1 saturated carbocycles. The lowest BCUT2D eigenvalue weighted by Gasteiger charge is -2.22. The molecule has 0 amide bonds. The minimum absolute atomic E-state index is 0.375. The fraction of sp³-hybridized carbons (Fsp3) is 1.00. The molecular formula is C12H25NO. The molecule has 1 aliphatic carbocycles. The molecule has 2 nitrogen and oxygen atoms in total. The Morgan fingerprint density at radius 3 is 2.43 bits per heavy atom. The first kappa shape index (κ1) is 12.0. The predicted octanol–water partition coefficient (Wildman–Crippen LogP) is 2.71. The van der Waals surface area contributed by atoms with Gasteiger partial charge in [0.25, 0.3) is 0 Å². The fourth-order valence-electron chi connectivity index (χ4n) is 2.34. The van der Waals surface area contributed by atoms with Gasteiger partial charge in [-0.1, -0.05) is 25.7 Å². The number of hydrogen-bond acceptors (Lipinski definition) is 2. The molecule has 0 heterocycles. The molecule has 1 aliphatic rings. The zero-order valence-corrected chi connectivity index (χ0v) is 9.50.